The fourth-order valence-corrected chi connectivity index (χ4v) is 3.73. The van der Waals surface area contributed by atoms with Gasteiger partial charge in [-0.25, -0.2) is 4.98 Å². The molecule has 0 saturated carbocycles. The maximum atomic E-state index is 12.1. The molecule has 1 N–H and O–H groups in total. The van der Waals surface area contributed by atoms with Crippen molar-refractivity contribution in [2.24, 2.45) is 0 Å². The van der Waals surface area contributed by atoms with Gasteiger partial charge in [-0.3, -0.25) is 9.69 Å². The summed E-state index contributed by atoms with van der Waals surface area (Å²) in [6, 6.07) is 3.70. The second-order valence-corrected chi connectivity index (χ2v) is 7.02. The van der Waals surface area contributed by atoms with Crippen molar-refractivity contribution in [1.29, 1.82) is 0 Å². The fraction of sp³-hybridized carbons (Fsp3) is 0.529. The summed E-state index contributed by atoms with van der Waals surface area (Å²) in [5.41, 5.74) is 0.775. The summed E-state index contributed by atoms with van der Waals surface area (Å²) in [5, 5.41) is 5.68. The molecule has 130 valence electrons. The third-order valence-corrected chi connectivity index (χ3v) is 4.78. The number of rotatable bonds is 6. The quantitative estimate of drug-likeness (QED) is 0.866. The van der Waals surface area contributed by atoms with Gasteiger partial charge in [0.25, 0.3) is 0 Å². The van der Waals surface area contributed by atoms with Crippen LogP contribution < -0.4 is 5.32 Å². The van der Waals surface area contributed by atoms with E-state index in [0.717, 1.165) is 36.1 Å². The van der Waals surface area contributed by atoms with Crippen LogP contribution in [0, 0.1) is 0 Å². The van der Waals surface area contributed by atoms with E-state index in [1.54, 1.807) is 6.26 Å². The molecule has 7 heteroatoms. The number of carbonyl (C=O) groups is 1. The second-order valence-electron chi connectivity index (χ2n) is 6.16. The number of ether oxygens (including phenoxy) is 1. The van der Waals surface area contributed by atoms with Gasteiger partial charge in [0.05, 0.1) is 30.6 Å². The summed E-state index contributed by atoms with van der Waals surface area (Å²) >= 11 is 1.49. The first-order valence-corrected chi connectivity index (χ1v) is 9.11. The van der Waals surface area contributed by atoms with Crippen LogP contribution in [0.5, 0.6) is 0 Å². The van der Waals surface area contributed by atoms with Crippen LogP contribution in [0.3, 0.4) is 0 Å². The number of amides is 1. The van der Waals surface area contributed by atoms with Gasteiger partial charge in [-0.15, -0.1) is 11.3 Å². The number of nitrogens with one attached hydrogen (secondary N) is 1. The second kappa shape index (κ2) is 7.92. The largest absolute Gasteiger partial charge is 0.462 e. The van der Waals surface area contributed by atoms with Crippen LogP contribution in [-0.2, 0) is 16.0 Å². The molecule has 0 unspecified atom stereocenters. The molecular weight excluding hydrogens is 326 g/mol. The Morgan fingerprint density at radius 3 is 2.92 bits per heavy atom. The maximum Gasteiger partial charge on any atom is 0.226 e. The molecule has 1 aliphatic heterocycles. The molecule has 0 aromatic carbocycles. The number of morpholine rings is 1. The topological polar surface area (TPSA) is 67.6 Å². The molecule has 2 aromatic heterocycles. The smallest absolute Gasteiger partial charge is 0.226 e. The summed E-state index contributed by atoms with van der Waals surface area (Å²) in [7, 11) is 0. The zero-order valence-electron chi connectivity index (χ0n) is 14.0. The van der Waals surface area contributed by atoms with Crippen molar-refractivity contribution in [2.75, 3.05) is 26.2 Å². The van der Waals surface area contributed by atoms with E-state index in [0.29, 0.717) is 13.0 Å². The Morgan fingerprint density at radius 1 is 1.42 bits per heavy atom. The zero-order chi connectivity index (χ0) is 16.9. The van der Waals surface area contributed by atoms with Gasteiger partial charge in [0.2, 0.25) is 5.91 Å². The van der Waals surface area contributed by atoms with Crippen LogP contribution in [0.15, 0.2) is 28.2 Å². The molecule has 1 aliphatic rings. The van der Waals surface area contributed by atoms with E-state index in [-0.39, 0.29) is 18.1 Å². The van der Waals surface area contributed by atoms with Gasteiger partial charge in [-0.2, -0.15) is 0 Å². The predicted molar refractivity (Wildman–Crippen MR) is 93.0 cm³/mol. The molecule has 24 heavy (non-hydrogen) atoms. The molecule has 1 saturated heterocycles. The SMILES string of the molecule is C[C@@H]1CN(CCNC(=O)Cc2csc(-c3ccco3)n2)C[C@@H](C)O1. The lowest BCUT2D eigenvalue weighted by Gasteiger charge is -2.35. The van der Waals surface area contributed by atoms with E-state index >= 15 is 0 Å². The maximum absolute atomic E-state index is 12.1. The molecule has 6 nitrogen and oxygen atoms in total. The first-order valence-electron chi connectivity index (χ1n) is 8.23. The van der Waals surface area contributed by atoms with Crippen molar-refractivity contribution in [3.63, 3.8) is 0 Å². The molecular formula is C17H23N3O3S. The van der Waals surface area contributed by atoms with Gasteiger partial charge in [-0.05, 0) is 26.0 Å². The van der Waals surface area contributed by atoms with Crippen molar-refractivity contribution in [2.45, 2.75) is 32.5 Å². The lowest BCUT2D eigenvalue weighted by atomic mass is 10.2. The Hall–Kier alpha value is -1.70. The molecule has 0 bridgehead atoms. The Bertz CT molecular complexity index is 646. The summed E-state index contributed by atoms with van der Waals surface area (Å²) in [6.45, 7) is 7.49. The van der Waals surface area contributed by atoms with Crippen molar-refractivity contribution >= 4 is 17.2 Å². The highest BCUT2D eigenvalue weighted by Crippen LogP contribution is 2.24. The van der Waals surface area contributed by atoms with Crippen molar-refractivity contribution < 1.29 is 13.9 Å². The van der Waals surface area contributed by atoms with Gasteiger partial charge < -0.3 is 14.5 Å². The summed E-state index contributed by atoms with van der Waals surface area (Å²) < 4.78 is 11.0. The van der Waals surface area contributed by atoms with Crippen LogP contribution in [-0.4, -0.2) is 54.2 Å². The number of carbonyl (C=O) groups excluding carboxylic acids is 1. The molecule has 3 rings (SSSR count). The van der Waals surface area contributed by atoms with Crippen LogP contribution >= 0.6 is 11.3 Å². The van der Waals surface area contributed by atoms with Crippen molar-refractivity contribution in [3.8, 4) is 10.8 Å². The van der Waals surface area contributed by atoms with Crippen LogP contribution in [0.25, 0.3) is 10.8 Å². The van der Waals surface area contributed by atoms with Crippen molar-refractivity contribution in [1.82, 2.24) is 15.2 Å². The average molecular weight is 349 g/mol. The Morgan fingerprint density at radius 2 is 2.21 bits per heavy atom. The molecule has 1 fully saturated rings. The van der Waals surface area contributed by atoms with Gasteiger partial charge in [-0.1, -0.05) is 0 Å². The first-order chi connectivity index (χ1) is 11.6. The lowest BCUT2D eigenvalue weighted by molar-refractivity contribution is -0.120. The minimum atomic E-state index is 0.000603. The van der Waals surface area contributed by atoms with E-state index in [2.05, 4.69) is 29.0 Å². The molecule has 3 heterocycles. The van der Waals surface area contributed by atoms with E-state index in [1.165, 1.54) is 11.3 Å². The van der Waals surface area contributed by atoms with Gasteiger partial charge in [0, 0.05) is 31.6 Å². The van der Waals surface area contributed by atoms with E-state index in [1.807, 2.05) is 17.5 Å². The third kappa shape index (κ3) is 4.66. The number of furan rings is 1. The van der Waals surface area contributed by atoms with E-state index in [4.69, 9.17) is 9.15 Å². The first kappa shape index (κ1) is 17.1. The summed E-state index contributed by atoms with van der Waals surface area (Å²) in [6.07, 6.45) is 2.42. The Kier molecular flexibility index (Phi) is 5.65. The zero-order valence-corrected chi connectivity index (χ0v) is 14.8. The summed E-state index contributed by atoms with van der Waals surface area (Å²) in [5.74, 6) is 0.739. The molecule has 0 spiro atoms. The molecule has 1 amide bonds. The standard InChI is InChI=1S/C17H23N3O3S/c1-12-9-20(10-13(2)23-12)6-5-18-16(21)8-14-11-24-17(19-14)15-4-3-7-22-15/h3-4,7,11-13H,5-6,8-10H2,1-2H3,(H,18,21)/t12-,13-/m1/s1. The third-order valence-electron chi connectivity index (χ3n) is 3.87. The minimum absolute atomic E-state index is 0.000603. The number of thiazole rings is 1. The van der Waals surface area contributed by atoms with E-state index < -0.39 is 0 Å². The highest BCUT2D eigenvalue weighted by Gasteiger charge is 2.21. The Balaban J connectivity index is 1.41. The predicted octanol–water partition coefficient (Wildman–Crippen LogP) is 2.17. The number of hydrogen-bond donors (Lipinski definition) is 1. The Labute approximate surface area is 145 Å². The molecule has 2 aromatic rings. The van der Waals surface area contributed by atoms with Crippen LogP contribution in [0.4, 0.5) is 0 Å². The monoisotopic (exact) mass is 349 g/mol. The minimum Gasteiger partial charge on any atom is -0.462 e. The van der Waals surface area contributed by atoms with Crippen molar-refractivity contribution in [3.05, 3.63) is 29.5 Å². The number of nitrogens with zero attached hydrogens (tertiary/aromatic N) is 2. The van der Waals surface area contributed by atoms with Gasteiger partial charge in [0.1, 0.15) is 0 Å². The molecule has 0 radical (unpaired) electrons. The lowest BCUT2D eigenvalue weighted by Crippen LogP contribution is -2.48. The van der Waals surface area contributed by atoms with Crippen LogP contribution in [0.1, 0.15) is 19.5 Å². The normalized spacial score (nSPS) is 21.8. The van der Waals surface area contributed by atoms with Gasteiger partial charge in [0.15, 0.2) is 10.8 Å². The highest BCUT2D eigenvalue weighted by molar-refractivity contribution is 7.13. The fourth-order valence-electron chi connectivity index (χ4n) is 2.95. The molecule has 2 atom stereocenters. The average Bonchev–Trinajstić information content (AvgIpc) is 3.16. The summed E-state index contributed by atoms with van der Waals surface area (Å²) in [4.78, 5) is 18.8. The van der Waals surface area contributed by atoms with Gasteiger partial charge >= 0.3 is 0 Å². The van der Waals surface area contributed by atoms with E-state index in [9.17, 15) is 4.79 Å². The molecule has 0 aliphatic carbocycles. The van der Waals surface area contributed by atoms with Crippen LogP contribution in [0.2, 0.25) is 0 Å². The number of aromatic nitrogens is 1. The number of hydrogen-bond acceptors (Lipinski definition) is 6. The highest BCUT2D eigenvalue weighted by atomic mass is 32.1.